The first-order valence-corrected chi connectivity index (χ1v) is 7.19. The fraction of sp³-hybridized carbons (Fsp3) is 0.533. The number of rotatable bonds is 6. The van der Waals surface area contributed by atoms with Crippen molar-refractivity contribution in [2.45, 2.75) is 12.8 Å². The van der Waals surface area contributed by atoms with Crippen LogP contribution in [0.4, 0.5) is 11.4 Å². The number of anilines is 2. The van der Waals surface area contributed by atoms with E-state index in [1.165, 1.54) is 0 Å². The molecule has 1 unspecified atom stereocenters. The van der Waals surface area contributed by atoms with E-state index in [1.807, 2.05) is 0 Å². The summed E-state index contributed by atoms with van der Waals surface area (Å²) in [4.78, 5) is 14.2. The highest BCUT2D eigenvalue weighted by molar-refractivity contribution is 5.94. The van der Waals surface area contributed by atoms with E-state index < -0.39 is 0 Å². The van der Waals surface area contributed by atoms with Crippen LogP contribution < -0.4 is 15.8 Å². The van der Waals surface area contributed by atoms with E-state index >= 15 is 0 Å². The van der Waals surface area contributed by atoms with Gasteiger partial charge in [-0.05, 0) is 37.4 Å². The van der Waals surface area contributed by atoms with E-state index in [0.717, 1.165) is 25.9 Å². The standard InChI is InChI=1S/C15H23N3O3/c1-21-14-8-12(16)2-3-13(14)17-15(20)10-18-6-4-11(9-18)5-7-19/h2-3,8,11,19H,4-7,9-10,16H2,1H3,(H,17,20). The second-order valence-electron chi connectivity index (χ2n) is 5.41. The molecule has 4 N–H and O–H groups in total. The van der Waals surface area contributed by atoms with Gasteiger partial charge in [0.1, 0.15) is 5.75 Å². The van der Waals surface area contributed by atoms with Crippen molar-refractivity contribution in [3.05, 3.63) is 18.2 Å². The number of likely N-dealkylation sites (tertiary alicyclic amines) is 1. The van der Waals surface area contributed by atoms with Crippen LogP contribution in [0.2, 0.25) is 0 Å². The Bertz CT molecular complexity index is 493. The molecule has 1 atom stereocenters. The number of aliphatic hydroxyl groups is 1. The van der Waals surface area contributed by atoms with E-state index in [0.29, 0.717) is 29.6 Å². The number of methoxy groups -OCH3 is 1. The quantitative estimate of drug-likeness (QED) is 0.679. The molecule has 1 saturated heterocycles. The SMILES string of the molecule is COc1cc(N)ccc1NC(=O)CN1CCC(CCO)C1. The summed E-state index contributed by atoms with van der Waals surface area (Å²) in [5.41, 5.74) is 6.91. The van der Waals surface area contributed by atoms with Gasteiger partial charge in [0, 0.05) is 24.9 Å². The van der Waals surface area contributed by atoms with Crippen LogP contribution in [0.5, 0.6) is 5.75 Å². The maximum atomic E-state index is 12.1. The van der Waals surface area contributed by atoms with Gasteiger partial charge in [-0.2, -0.15) is 0 Å². The molecule has 1 aliphatic heterocycles. The van der Waals surface area contributed by atoms with E-state index in [1.54, 1.807) is 25.3 Å². The number of nitrogens with one attached hydrogen (secondary N) is 1. The summed E-state index contributed by atoms with van der Waals surface area (Å²) in [6, 6.07) is 5.15. The molecular weight excluding hydrogens is 270 g/mol. The summed E-state index contributed by atoms with van der Waals surface area (Å²) in [7, 11) is 1.55. The van der Waals surface area contributed by atoms with Crippen LogP contribution in [-0.2, 0) is 4.79 Å². The first-order valence-electron chi connectivity index (χ1n) is 7.19. The molecule has 1 aromatic rings. The van der Waals surface area contributed by atoms with Gasteiger partial charge in [-0.15, -0.1) is 0 Å². The van der Waals surface area contributed by atoms with Crippen molar-refractivity contribution >= 4 is 17.3 Å². The Morgan fingerprint density at radius 3 is 3.10 bits per heavy atom. The molecular formula is C15H23N3O3. The van der Waals surface area contributed by atoms with Gasteiger partial charge in [0.2, 0.25) is 5.91 Å². The minimum Gasteiger partial charge on any atom is -0.494 e. The van der Waals surface area contributed by atoms with Crippen molar-refractivity contribution in [3.8, 4) is 5.75 Å². The van der Waals surface area contributed by atoms with Gasteiger partial charge in [0.15, 0.2) is 0 Å². The Kier molecular flexibility index (Phi) is 5.41. The van der Waals surface area contributed by atoms with Crippen molar-refractivity contribution in [2.24, 2.45) is 5.92 Å². The van der Waals surface area contributed by atoms with Crippen molar-refractivity contribution in [3.63, 3.8) is 0 Å². The fourth-order valence-electron chi connectivity index (χ4n) is 2.68. The van der Waals surface area contributed by atoms with Gasteiger partial charge < -0.3 is 20.9 Å². The summed E-state index contributed by atoms with van der Waals surface area (Å²) in [6.45, 7) is 2.34. The molecule has 0 bridgehead atoms. The van der Waals surface area contributed by atoms with Crippen molar-refractivity contribution in [2.75, 3.05) is 44.4 Å². The summed E-state index contributed by atoms with van der Waals surface area (Å²) < 4.78 is 5.21. The second-order valence-corrected chi connectivity index (χ2v) is 5.41. The molecule has 6 heteroatoms. The lowest BCUT2D eigenvalue weighted by Crippen LogP contribution is -2.31. The van der Waals surface area contributed by atoms with E-state index in [4.69, 9.17) is 15.6 Å². The zero-order valence-electron chi connectivity index (χ0n) is 12.3. The molecule has 0 saturated carbocycles. The third-order valence-electron chi connectivity index (χ3n) is 3.77. The minimum atomic E-state index is -0.0669. The summed E-state index contributed by atoms with van der Waals surface area (Å²) in [6.07, 6.45) is 1.85. The number of nitrogens with two attached hydrogens (primary N) is 1. The Balaban J connectivity index is 1.88. The number of carbonyl (C=O) groups excluding carboxylic acids is 1. The van der Waals surface area contributed by atoms with Gasteiger partial charge in [-0.25, -0.2) is 0 Å². The molecule has 1 amide bonds. The molecule has 116 valence electrons. The first-order chi connectivity index (χ1) is 10.1. The average molecular weight is 293 g/mol. The normalized spacial score (nSPS) is 18.7. The Morgan fingerprint density at radius 2 is 2.38 bits per heavy atom. The molecule has 0 aromatic heterocycles. The molecule has 1 fully saturated rings. The summed E-state index contributed by atoms with van der Waals surface area (Å²) >= 11 is 0. The molecule has 0 aliphatic carbocycles. The average Bonchev–Trinajstić information content (AvgIpc) is 2.88. The third kappa shape index (κ3) is 4.34. The van der Waals surface area contributed by atoms with E-state index in [-0.39, 0.29) is 12.5 Å². The van der Waals surface area contributed by atoms with Crippen molar-refractivity contribution < 1.29 is 14.6 Å². The van der Waals surface area contributed by atoms with Crippen LogP contribution in [-0.4, -0.2) is 49.3 Å². The van der Waals surface area contributed by atoms with Crippen LogP contribution in [0, 0.1) is 5.92 Å². The predicted octanol–water partition coefficient (Wildman–Crippen LogP) is 0.920. The minimum absolute atomic E-state index is 0.0669. The second kappa shape index (κ2) is 7.28. The van der Waals surface area contributed by atoms with Crippen LogP contribution in [0.1, 0.15) is 12.8 Å². The summed E-state index contributed by atoms with van der Waals surface area (Å²) in [5, 5.41) is 11.8. The molecule has 0 radical (unpaired) electrons. The number of hydrogen-bond donors (Lipinski definition) is 3. The predicted molar refractivity (Wildman–Crippen MR) is 82.3 cm³/mol. The zero-order valence-corrected chi connectivity index (χ0v) is 12.3. The fourth-order valence-corrected chi connectivity index (χ4v) is 2.68. The van der Waals surface area contributed by atoms with Gasteiger partial charge in [0.25, 0.3) is 0 Å². The molecule has 0 spiro atoms. The van der Waals surface area contributed by atoms with Gasteiger partial charge in [-0.1, -0.05) is 0 Å². The van der Waals surface area contributed by atoms with Crippen LogP contribution in [0.3, 0.4) is 0 Å². The smallest absolute Gasteiger partial charge is 0.238 e. The number of carbonyl (C=O) groups is 1. The molecule has 1 aromatic carbocycles. The third-order valence-corrected chi connectivity index (χ3v) is 3.77. The van der Waals surface area contributed by atoms with Gasteiger partial charge in [-0.3, -0.25) is 9.69 Å². The molecule has 1 heterocycles. The number of benzene rings is 1. The summed E-state index contributed by atoms with van der Waals surface area (Å²) in [5.74, 6) is 0.986. The number of nitrogens with zero attached hydrogens (tertiary/aromatic N) is 1. The first kappa shape index (κ1) is 15.6. The number of amides is 1. The largest absolute Gasteiger partial charge is 0.494 e. The maximum Gasteiger partial charge on any atom is 0.238 e. The maximum absolute atomic E-state index is 12.1. The van der Waals surface area contributed by atoms with Gasteiger partial charge in [0.05, 0.1) is 19.3 Å². The van der Waals surface area contributed by atoms with Crippen LogP contribution in [0.25, 0.3) is 0 Å². The lowest BCUT2D eigenvalue weighted by atomic mass is 10.1. The Labute approximate surface area is 124 Å². The molecule has 6 nitrogen and oxygen atoms in total. The Hall–Kier alpha value is -1.79. The van der Waals surface area contributed by atoms with Crippen LogP contribution in [0.15, 0.2) is 18.2 Å². The van der Waals surface area contributed by atoms with E-state index in [9.17, 15) is 4.79 Å². The van der Waals surface area contributed by atoms with Gasteiger partial charge >= 0.3 is 0 Å². The highest BCUT2D eigenvalue weighted by atomic mass is 16.5. The van der Waals surface area contributed by atoms with Crippen molar-refractivity contribution in [1.82, 2.24) is 4.90 Å². The lowest BCUT2D eigenvalue weighted by Gasteiger charge is -2.16. The Morgan fingerprint density at radius 1 is 1.57 bits per heavy atom. The number of ether oxygens (including phenoxy) is 1. The molecule has 21 heavy (non-hydrogen) atoms. The number of hydrogen-bond acceptors (Lipinski definition) is 5. The zero-order chi connectivity index (χ0) is 15.2. The molecule has 2 rings (SSSR count). The monoisotopic (exact) mass is 293 g/mol. The van der Waals surface area contributed by atoms with Crippen molar-refractivity contribution in [1.29, 1.82) is 0 Å². The lowest BCUT2D eigenvalue weighted by molar-refractivity contribution is -0.117. The number of nitrogen functional groups attached to an aromatic ring is 1. The number of aliphatic hydroxyl groups excluding tert-OH is 1. The topological polar surface area (TPSA) is 87.8 Å². The highest BCUT2D eigenvalue weighted by Crippen LogP contribution is 2.26. The van der Waals surface area contributed by atoms with Crippen LogP contribution >= 0.6 is 0 Å². The highest BCUT2D eigenvalue weighted by Gasteiger charge is 2.23. The molecule has 1 aliphatic rings. The van der Waals surface area contributed by atoms with E-state index in [2.05, 4.69) is 10.2 Å².